The van der Waals surface area contributed by atoms with Gasteiger partial charge in [0, 0.05) is 12.4 Å². The van der Waals surface area contributed by atoms with Gasteiger partial charge in [0.15, 0.2) is 0 Å². The van der Waals surface area contributed by atoms with Crippen molar-refractivity contribution in [3.63, 3.8) is 0 Å². The van der Waals surface area contributed by atoms with E-state index in [0.29, 0.717) is 13.0 Å². The number of para-hydroxylation sites is 1. The van der Waals surface area contributed by atoms with Crippen LogP contribution in [0.25, 0.3) is 10.9 Å². The molecule has 1 aromatic heterocycles. The number of fused-ring (bicyclic) bond motifs is 1. The molecule has 0 amide bonds. The smallest absolute Gasteiger partial charge is 0.0996 e. The molecular formula is C11H15N3O. The van der Waals surface area contributed by atoms with E-state index in [2.05, 4.69) is 5.10 Å². The predicted octanol–water partition coefficient (Wildman–Crippen LogP) is 0.956. The lowest BCUT2D eigenvalue weighted by atomic mass is 10.1. The molecular weight excluding hydrogens is 190 g/mol. The number of hydrogen-bond acceptors (Lipinski definition) is 3. The molecule has 0 aliphatic heterocycles. The first-order chi connectivity index (χ1) is 7.24. The number of aliphatic hydroxyl groups excluding tert-OH is 1. The zero-order chi connectivity index (χ0) is 10.8. The lowest BCUT2D eigenvalue weighted by Crippen LogP contribution is -2.07. The first-order valence-electron chi connectivity index (χ1n) is 5.04. The van der Waals surface area contributed by atoms with Gasteiger partial charge < -0.3 is 10.8 Å². The largest absolute Gasteiger partial charge is 0.387 e. The maximum Gasteiger partial charge on any atom is 0.0996 e. The molecule has 2 aromatic rings. The van der Waals surface area contributed by atoms with Gasteiger partial charge in [-0.1, -0.05) is 18.2 Å². The van der Waals surface area contributed by atoms with Crippen LogP contribution in [-0.2, 0) is 7.05 Å². The number of benzene rings is 1. The second-order valence-corrected chi connectivity index (χ2v) is 3.62. The number of hydrogen-bond donors (Lipinski definition) is 2. The summed E-state index contributed by atoms with van der Waals surface area (Å²) < 4.78 is 1.78. The highest BCUT2D eigenvalue weighted by atomic mass is 16.3. The second kappa shape index (κ2) is 4.00. The Morgan fingerprint density at radius 1 is 1.47 bits per heavy atom. The van der Waals surface area contributed by atoms with E-state index < -0.39 is 6.10 Å². The molecule has 1 atom stereocenters. The summed E-state index contributed by atoms with van der Waals surface area (Å²) in [6.45, 7) is 0.464. The van der Waals surface area contributed by atoms with Gasteiger partial charge in [-0.2, -0.15) is 5.10 Å². The Morgan fingerprint density at radius 3 is 2.93 bits per heavy atom. The fraction of sp³-hybridized carbons (Fsp3) is 0.364. The molecule has 1 heterocycles. The predicted molar refractivity (Wildman–Crippen MR) is 59.3 cm³/mol. The van der Waals surface area contributed by atoms with Crippen LogP contribution in [0, 0.1) is 0 Å². The van der Waals surface area contributed by atoms with Crippen molar-refractivity contribution in [2.24, 2.45) is 12.8 Å². The zero-order valence-corrected chi connectivity index (χ0v) is 8.72. The molecule has 0 aliphatic carbocycles. The van der Waals surface area contributed by atoms with Gasteiger partial charge in [-0.3, -0.25) is 4.68 Å². The molecule has 0 fully saturated rings. The summed E-state index contributed by atoms with van der Waals surface area (Å²) in [5.41, 5.74) is 7.18. The fourth-order valence-corrected chi connectivity index (χ4v) is 1.78. The Bertz CT molecular complexity index is 464. The SMILES string of the molecule is Cn1nc([C@H](O)CCN)c2ccccc21. The molecule has 0 saturated heterocycles. The van der Waals surface area contributed by atoms with E-state index in [-0.39, 0.29) is 0 Å². The standard InChI is InChI=1S/C11H15N3O/c1-14-9-5-3-2-4-8(9)11(13-14)10(15)6-7-12/h2-5,10,15H,6-7,12H2,1H3/t10-/m1/s1. The molecule has 4 heteroatoms. The lowest BCUT2D eigenvalue weighted by molar-refractivity contribution is 0.166. The molecule has 0 radical (unpaired) electrons. The summed E-state index contributed by atoms with van der Waals surface area (Å²) in [4.78, 5) is 0. The minimum Gasteiger partial charge on any atom is -0.387 e. The van der Waals surface area contributed by atoms with Crippen LogP contribution in [0.5, 0.6) is 0 Å². The van der Waals surface area contributed by atoms with Crippen molar-refractivity contribution in [2.45, 2.75) is 12.5 Å². The molecule has 0 spiro atoms. The molecule has 3 N–H and O–H groups in total. The number of rotatable bonds is 3. The third-order valence-electron chi connectivity index (χ3n) is 2.54. The van der Waals surface area contributed by atoms with Crippen molar-refractivity contribution < 1.29 is 5.11 Å². The van der Waals surface area contributed by atoms with Crippen LogP contribution >= 0.6 is 0 Å². The van der Waals surface area contributed by atoms with Crippen LogP contribution in [0.15, 0.2) is 24.3 Å². The van der Waals surface area contributed by atoms with E-state index in [1.54, 1.807) is 4.68 Å². The monoisotopic (exact) mass is 205 g/mol. The third-order valence-corrected chi connectivity index (χ3v) is 2.54. The maximum absolute atomic E-state index is 9.88. The van der Waals surface area contributed by atoms with Gasteiger partial charge in [-0.15, -0.1) is 0 Å². The summed E-state index contributed by atoms with van der Waals surface area (Å²) >= 11 is 0. The zero-order valence-electron chi connectivity index (χ0n) is 8.72. The van der Waals surface area contributed by atoms with Crippen LogP contribution in [0.1, 0.15) is 18.2 Å². The van der Waals surface area contributed by atoms with Crippen molar-refractivity contribution in [3.05, 3.63) is 30.0 Å². The minimum absolute atomic E-state index is 0.464. The van der Waals surface area contributed by atoms with Crippen molar-refractivity contribution in [1.29, 1.82) is 0 Å². The van der Waals surface area contributed by atoms with E-state index in [1.807, 2.05) is 31.3 Å². The highest BCUT2D eigenvalue weighted by Gasteiger charge is 2.15. The van der Waals surface area contributed by atoms with Crippen LogP contribution in [0.2, 0.25) is 0 Å². The first kappa shape index (κ1) is 10.1. The number of aliphatic hydroxyl groups is 1. The first-order valence-corrected chi connectivity index (χ1v) is 5.04. The van der Waals surface area contributed by atoms with Crippen LogP contribution in [0.3, 0.4) is 0 Å². The van der Waals surface area contributed by atoms with Gasteiger partial charge in [0.1, 0.15) is 0 Å². The number of aromatic nitrogens is 2. The van der Waals surface area contributed by atoms with Crippen LogP contribution in [-0.4, -0.2) is 21.4 Å². The topological polar surface area (TPSA) is 64.1 Å². The number of nitrogens with zero attached hydrogens (tertiary/aromatic N) is 2. The molecule has 0 unspecified atom stereocenters. The molecule has 0 saturated carbocycles. The molecule has 1 aromatic carbocycles. The van der Waals surface area contributed by atoms with Crippen LogP contribution < -0.4 is 5.73 Å². The van der Waals surface area contributed by atoms with Gasteiger partial charge in [0.25, 0.3) is 0 Å². The summed E-state index contributed by atoms with van der Waals surface area (Å²) in [5, 5.41) is 15.2. The van der Waals surface area contributed by atoms with E-state index >= 15 is 0 Å². The molecule has 15 heavy (non-hydrogen) atoms. The van der Waals surface area contributed by atoms with E-state index in [9.17, 15) is 5.11 Å². The summed E-state index contributed by atoms with van der Waals surface area (Å²) in [6.07, 6.45) is -0.0258. The molecule has 0 bridgehead atoms. The van der Waals surface area contributed by atoms with Crippen molar-refractivity contribution in [1.82, 2.24) is 9.78 Å². The number of nitrogens with two attached hydrogens (primary N) is 1. The fourth-order valence-electron chi connectivity index (χ4n) is 1.78. The average molecular weight is 205 g/mol. The Balaban J connectivity index is 2.52. The van der Waals surface area contributed by atoms with Crippen molar-refractivity contribution in [2.75, 3.05) is 6.54 Å². The van der Waals surface area contributed by atoms with Gasteiger partial charge >= 0.3 is 0 Å². The van der Waals surface area contributed by atoms with E-state index in [4.69, 9.17) is 5.73 Å². The van der Waals surface area contributed by atoms with Crippen molar-refractivity contribution >= 4 is 10.9 Å². The van der Waals surface area contributed by atoms with Gasteiger partial charge in [0.05, 0.1) is 17.3 Å². The normalized spacial score (nSPS) is 13.3. The Labute approximate surface area is 88.3 Å². The van der Waals surface area contributed by atoms with Crippen LogP contribution in [0.4, 0.5) is 0 Å². The Morgan fingerprint density at radius 2 is 2.20 bits per heavy atom. The van der Waals surface area contributed by atoms with Crippen molar-refractivity contribution in [3.8, 4) is 0 Å². The summed E-state index contributed by atoms with van der Waals surface area (Å²) in [7, 11) is 1.88. The quantitative estimate of drug-likeness (QED) is 0.784. The maximum atomic E-state index is 9.88. The molecule has 0 aliphatic rings. The van der Waals surface area contributed by atoms with Gasteiger partial charge in [-0.25, -0.2) is 0 Å². The highest BCUT2D eigenvalue weighted by Crippen LogP contribution is 2.24. The minimum atomic E-state index is -0.568. The van der Waals surface area contributed by atoms with E-state index in [1.165, 1.54) is 0 Å². The molecule has 2 rings (SSSR count). The molecule has 80 valence electrons. The third kappa shape index (κ3) is 1.73. The van der Waals surface area contributed by atoms with E-state index in [0.717, 1.165) is 16.6 Å². The molecule has 4 nitrogen and oxygen atoms in total. The Kier molecular flexibility index (Phi) is 2.70. The average Bonchev–Trinajstić information content (AvgIpc) is 2.58. The highest BCUT2D eigenvalue weighted by molar-refractivity contribution is 5.82. The summed E-state index contributed by atoms with van der Waals surface area (Å²) in [6, 6.07) is 7.87. The van der Waals surface area contributed by atoms with Gasteiger partial charge in [-0.05, 0) is 19.0 Å². The lowest BCUT2D eigenvalue weighted by Gasteiger charge is -2.05. The number of aryl methyl sites for hydroxylation is 1. The Hall–Kier alpha value is -1.39. The van der Waals surface area contributed by atoms with Gasteiger partial charge in [0.2, 0.25) is 0 Å². The second-order valence-electron chi connectivity index (χ2n) is 3.62. The summed E-state index contributed by atoms with van der Waals surface area (Å²) in [5.74, 6) is 0.